The summed E-state index contributed by atoms with van der Waals surface area (Å²) in [5.41, 5.74) is 10.4. The number of hydrazine groups is 1. The highest BCUT2D eigenvalue weighted by Crippen LogP contribution is 2.18. The van der Waals surface area contributed by atoms with E-state index in [1.165, 1.54) is 27.8 Å². The molecule has 2 aromatic rings. The van der Waals surface area contributed by atoms with E-state index in [0.717, 1.165) is 19.5 Å². The van der Waals surface area contributed by atoms with E-state index in [9.17, 15) is 0 Å². The number of hydrogen-bond acceptors (Lipinski definition) is 2. The zero-order valence-electron chi connectivity index (χ0n) is 16.1. The Kier molecular flexibility index (Phi) is 6.20. The van der Waals surface area contributed by atoms with E-state index in [-0.39, 0.29) is 5.54 Å². The predicted molar refractivity (Wildman–Crippen MR) is 104 cm³/mol. The van der Waals surface area contributed by atoms with E-state index in [1.807, 2.05) is 0 Å². The Hall–Kier alpha value is -1.64. The molecule has 0 atom stereocenters. The van der Waals surface area contributed by atoms with Crippen LogP contribution in [0.3, 0.4) is 0 Å². The molecule has 24 heavy (non-hydrogen) atoms. The molecule has 0 radical (unpaired) electrons. The molecule has 0 aliphatic rings. The van der Waals surface area contributed by atoms with Crippen LogP contribution in [0.2, 0.25) is 0 Å². The summed E-state index contributed by atoms with van der Waals surface area (Å²) in [6.45, 7) is 15.0. The molecule has 0 unspecified atom stereocenters. The van der Waals surface area contributed by atoms with Gasteiger partial charge in [-0.1, -0.05) is 60.5 Å². The molecule has 0 heterocycles. The van der Waals surface area contributed by atoms with Gasteiger partial charge in [0, 0.05) is 18.6 Å². The van der Waals surface area contributed by atoms with Crippen LogP contribution in [0.5, 0.6) is 0 Å². The van der Waals surface area contributed by atoms with Crippen molar-refractivity contribution in [3.63, 3.8) is 0 Å². The molecule has 0 bridgehead atoms. The molecule has 2 rings (SSSR count). The molecule has 0 amide bonds. The van der Waals surface area contributed by atoms with Crippen molar-refractivity contribution in [3.8, 4) is 0 Å². The van der Waals surface area contributed by atoms with Gasteiger partial charge in [0.05, 0.1) is 0 Å². The normalized spacial score (nSPS) is 12.0. The zero-order chi connectivity index (χ0) is 17.7. The number of hydrogen-bond donors (Lipinski definition) is 1. The molecule has 0 aromatic heterocycles. The molecular weight excluding hydrogens is 292 g/mol. The number of nitrogens with one attached hydrogen (secondary N) is 1. The highest BCUT2D eigenvalue weighted by Gasteiger charge is 2.21. The highest BCUT2D eigenvalue weighted by molar-refractivity contribution is 5.28. The first-order valence-electron chi connectivity index (χ1n) is 8.94. The molecule has 0 spiro atoms. The van der Waals surface area contributed by atoms with Gasteiger partial charge < -0.3 is 0 Å². The monoisotopic (exact) mass is 324 g/mol. The van der Waals surface area contributed by atoms with Crippen molar-refractivity contribution >= 4 is 0 Å². The first-order chi connectivity index (χ1) is 11.3. The summed E-state index contributed by atoms with van der Waals surface area (Å²) in [5, 5.41) is 2.34. The second kappa shape index (κ2) is 7.96. The Morgan fingerprint density at radius 1 is 0.833 bits per heavy atom. The average Bonchev–Trinajstić information content (AvgIpc) is 2.50. The Bertz CT molecular complexity index is 630. The Balaban J connectivity index is 2.07. The lowest BCUT2D eigenvalue weighted by Crippen LogP contribution is -2.49. The van der Waals surface area contributed by atoms with Gasteiger partial charge in [0.15, 0.2) is 0 Å². The van der Waals surface area contributed by atoms with Gasteiger partial charge in [0.1, 0.15) is 0 Å². The van der Waals surface area contributed by atoms with Gasteiger partial charge in [-0.25, -0.2) is 10.4 Å². The van der Waals surface area contributed by atoms with Gasteiger partial charge in [-0.05, 0) is 57.7 Å². The lowest BCUT2D eigenvalue weighted by Gasteiger charge is -2.36. The van der Waals surface area contributed by atoms with E-state index >= 15 is 0 Å². The molecule has 130 valence electrons. The van der Waals surface area contributed by atoms with E-state index in [0.29, 0.717) is 0 Å². The van der Waals surface area contributed by atoms with E-state index in [4.69, 9.17) is 0 Å². The molecule has 0 saturated heterocycles. The molecule has 0 aliphatic carbocycles. The quantitative estimate of drug-likeness (QED) is 0.737. The Morgan fingerprint density at radius 3 is 1.88 bits per heavy atom. The van der Waals surface area contributed by atoms with Crippen LogP contribution < -0.4 is 5.43 Å². The van der Waals surface area contributed by atoms with Crippen LogP contribution in [-0.2, 0) is 19.5 Å². The number of aryl methyl sites for hydroxylation is 3. The second-order valence-electron chi connectivity index (χ2n) is 7.76. The van der Waals surface area contributed by atoms with Crippen LogP contribution in [0.1, 0.15) is 55.5 Å². The average molecular weight is 325 g/mol. The Morgan fingerprint density at radius 2 is 1.38 bits per heavy atom. The van der Waals surface area contributed by atoms with Crippen LogP contribution in [-0.4, -0.2) is 10.5 Å². The Labute approximate surface area is 147 Å². The smallest absolute Gasteiger partial charge is 0.0387 e. The van der Waals surface area contributed by atoms with Crippen molar-refractivity contribution in [2.75, 3.05) is 0 Å². The van der Waals surface area contributed by atoms with Crippen LogP contribution in [0.4, 0.5) is 0 Å². The summed E-state index contributed by atoms with van der Waals surface area (Å²) in [6.07, 6.45) is 1.09. The fourth-order valence-electron chi connectivity index (χ4n) is 2.95. The summed E-state index contributed by atoms with van der Waals surface area (Å²) < 4.78 is 0. The van der Waals surface area contributed by atoms with Gasteiger partial charge in [0.25, 0.3) is 0 Å². The maximum Gasteiger partial charge on any atom is 0.0387 e. The minimum atomic E-state index is 0.0566. The fraction of sp³-hybridized carbons (Fsp3) is 0.455. The van der Waals surface area contributed by atoms with Crippen molar-refractivity contribution < 1.29 is 0 Å². The predicted octanol–water partition coefficient (Wildman–Crippen LogP) is 5.17. The summed E-state index contributed by atoms with van der Waals surface area (Å²) in [5.74, 6) is 0. The van der Waals surface area contributed by atoms with Crippen molar-refractivity contribution in [1.29, 1.82) is 0 Å². The molecule has 2 heteroatoms. The molecular formula is C22H32N2. The second-order valence-corrected chi connectivity index (χ2v) is 7.76. The lowest BCUT2D eigenvalue weighted by molar-refractivity contribution is 0.0603. The molecule has 1 N–H and O–H groups in total. The lowest BCUT2D eigenvalue weighted by atomic mass is 10.0. The van der Waals surface area contributed by atoms with Crippen LogP contribution >= 0.6 is 0 Å². The summed E-state index contributed by atoms with van der Waals surface area (Å²) >= 11 is 0. The molecule has 0 aliphatic heterocycles. The SMILES string of the molecule is CCc1ccc(CNN(Cc2cc(C)cc(C)c2)C(C)(C)C)cc1. The maximum absolute atomic E-state index is 3.63. The van der Waals surface area contributed by atoms with Crippen LogP contribution in [0, 0.1) is 13.8 Å². The van der Waals surface area contributed by atoms with Crippen molar-refractivity contribution in [2.45, 2.75) is 66.6 Å². The fourth-order valence-corrected chi connectivity index (χ4v) is 2.95. The van der Waals surface area contributed by atoms with E-state index < -0.39 is 0 Å². The largest absolute Gasteiger partial charge is 0.250 e. The molecule has 0 fully saturated rings. The first-order valence-corrected chi connectivity index (χ1v) is 8.94. The number of nitrogens with zero attached hydrogens (tertiary/aromatic N) is 1. The summed E-state index contributed by atoms with van der Waals surface area (Å²) in [4.78, 5) is 0. The van der Waals surface area contributed by atoms with Gasteiger partial charge in [0.2, 0.25) is 0 Å². The van der Waals surface area contributed by atoms with E-state index in [1.54, 1.807) is 0 Å². The van der Waals surface area contributed by atoms with Crippen LogP contribution in [0.25, 0.3) is 0 Å². The molecule has 2 aromatic carbocycles. The third-order valence-electron chi connectivity index (χ3n) is 4.34. The van der Waals surface area contributed by atoms with Gasteiger partial charge in [-0.15, -0.1) is 0 Å². The third kappa shape index (κ3) is 5.47. The van der Waals surface area contributed by atoms with E-state index in [2.05, 4.69) is 94.4 Å². The minimum absolute atomic E-state index is 0.0566. The molecule has 2 nitrogen and oxygen atoms in total. The first kappa shape index (κ1) is 18.7. The molecule has 0 saturated carbocycles. The van der Waals surface area contributed by atoms with Crippen LogP contribution in [0.15, 0.2) is 42.5 Å². The topological polar surface area (TPSA) is 15.3 Å². The van der Waals surface area contributed by atoms with Gasteiger partial charge in [-0.2, -0.15) is 0 Å². The number of rotatable bonds is 6. The van der Waals surface area contributed by atoms with Crippen molar-refractivity contribution in [3.05, 3.63) is 70.3 Å². The minimum Gasteiger partial charge on any atom is -0.250 e. The highest BCUT2D eigenvalue weighted by atomic mass is 15.5. The summed E-state index contributed by atoms with van der Waals surface area (Å²) in [7, 11) is 0. The van der Waals surface area contributed by atoms with Crippen molar-refractivity contribution in [1.82, 2.24) is 10.4 Å². The zero-order valence-corrected chi connectivity index (χ0v) is 16.1. The third-order valence-corrected chi connectivity index (χ3v) is 4.34. The van der Waals surface area contributed by atoms with Crippen molar-refractivity contribution in [2.24, 2.45) is 0 Å². The number of benzene rings is 2. The maximum atomic E-state index is 3.63. The summed E-state index contributed by atoms with van der Waals surface area (Å²) in [6, 6.07) is 15.7. The standard InChI is InChI=1S/C22H32N2/c1-7-19-8-10-20(11-9-19)15-23-24(22(4,5)6)16-21-13-17(2)12-18(3)14-21/h8-14,23H,7,15-16H2,1-6H3. The van der Waals surface area contributed by atoms with Gasteiger partial charge >= 0.3 is 0 Å². The van der Waals surface area contributed by atoms with Gasteiger partial charge in [-0.3, -0.25) is 0 Å².